The summed E-state index contributed by atoms with van der Waals surface area (Å²) in [6.45, 7) is 0.942. The predicted molar refractivity (Wildman–Crippen MR) is 85.6 cm³/mol. The molecule has 1 unspecified atom stereocenters. The summed E-state index contributed by atoms with van der Waals surface area (Å²) in [6, 6.07) is 15.6. The molecule has 0 N–H and O–H groups in total. The van der Waals surface area contributed by atoms with E-state index in [1.165, 1.54) is 0 Å². The van der Waals surface area contributed by atoms with Crippen LogP contribution < -0.4 is 0 Å². The molecule has 0 aliphatic carbocycles. The zero-order valence-electron chi connectivity index (χ0n) is 12.7. The van der Waals surface area contributed by atoms with Gasteiger partial charge in [0.2, 0.25) is 0 Å². The molecular weight excluding hydrogens is 292 g/mol. The molecule has 1 aliphatic heterocycles. The average molecular weight is 310 g/mol. The topological polar surface area (TPSA) is 52.6 Å². The maximum atomic E-state index is 12.6. The van der Waals surface area contributed by atoms with Gasteiger partial charge in [0.05, 0.1) is 11.7 Å². The lowest BCUT2D eigenvalue weighted by Crippen LogP contribution is -2.19. The highest BCUT2D eigenvalue weighted by atomic mass is 16.6. The molecule has 3 rings (SSSR count). The van der Waals surface area contributed by atoms with Gasteiger partial charge in [-0.05, 0) is 18.9 Å². The number of benzene rings is 2. The highest BCUT2D eigenvalue weighted by Gasteiger charge is 2.21. The first kappa shape index (κ1) is 15.4. The third kappa shape index (κ3) is 3.66. The molecule has 0 spiro atoms. The molecular formula is C19H18O4. The van der Waals surface area contributed by atoms with E-state index < -0.39 is 5.97 Å². The second-order valence-electron chi connectivity index (χ2n) is 5.47. The molecule has 2 aromatic rings. The van der Waals surface area contributed by atoms with E-state index in [1.54, 1.807) is 48.5 Å². The second-order valence-corrected chi connectivity index (χ2v) is 5.47. The molecule has 4 heteroatoms. The number of hydrogen-bond donors (Lipinski definition) is 0. The van der Waals surface area contributed by atoms with Crippen LogP contribution in [0.3, 0.4) is 0 Å². The minimum Gasteiger partial charge on any atom is -0.459 e. The van der Waals surface area contributed by atoms with Crippen LogP contribution in [0.25, 0.3) is 0 Å². The summed E-state index contributed by atoms with van der Waals surface area (Å²) in [4.78, 5) is 24.9. The molecule has 1 atom stereocenters. The zero-order valence-corrected chi connectivity index (χ0v) is 12.7. The monoisotopic (exact) mass is 310 g/mol. The van der Waals surface area contributed by atoms with Gasteiger partial charge in [0.1, 0.15) is 6.61 Å². The Bertz CT molecular complexity index is 688. The quantitative estimate of drug-likeness (QED) is 0.628. The first-order valence-electron chi connectivity index (χ1n) is 7.73. The maximum absolute atomic E-state index is 12.6. The van der Waals surface area contributed by atoms with Gasteiger partial charge in [-0.25, -0.2) is 4.79 Å². The highest BCUT2D eigenvalue weighted by molar-refractivity contribution is 6.14. The molecule has 23 heavy (non-hydrogen) atoms. The van der Waals surface area contributed by atoms with E-state index in [0.717, 1.165) is 12.8 Å². The minimum absolute atomic E-state index is 0.0315. The highest BCUT2D eigenvalue weighted by Crippen LogP contribution is 2.17. The van der Waals surface area contributed by atoms with Crippen LogP contribution in [0.1, 0.15) is 39.1 Å². The van der Waals surface area contributed by atoms with Gasteiger partial charge in [0.25, 0.3) is 0 Å². The number of carbonyl (C=O) groups is 2. The number of carbonyl (C=O) groups excluding carboxylic acids is 2. The van der Waals surface area contributed by atoms with E-state index >= 15 is 0 Å². The van der Waals surface area contributed by atoms with Gasteiger partial charge in [-0.3, -0.25) is 4.79 Å². The van der Waals surface area contributed by atoms with Crippen LogP contribution in [0.4, 0.5) is 0 Å². The Morgan fingerprint density at radius 2 is 1.70 bits per heavy atom. The summed E-state index contributed by atoms with van der Waals surface area (Å²) in [5, 5.41) is 0. The summed E-state index contributed by atoms with van der Waals surface area (Å²) in [7, 11) is 0. The number of esters is 1. The van der Waals surface area contributed by atoms with Crippen molar-refractivity contribution in [2.24, 2.45) is 0 Å². The molecule has 0 radical (unpaired) electrons. The first-order chi connectivity index (χ1) is 11.3. The van der Waals surface area contributed by atoms with E-state index in [1.807, 2.05) is 6.07 Å². The fourth-order valence-electron chi connectivity index (χ4n) is 2.63. The molecule has 0 aromatic heterocycles. The Kier molecular flexibility index (Phi) is 4.83. The molecule has 0 saturated carbocycles. The van der Waals surface area contributed by atoms with Crippen molar-refractivity contribution in [1.82, 2.24) is 0 Å². The Balaban J connectivity index is 1.77. The van der Waals surface area contributed by atoms with Crippen molar-refractivity contribution in [2.75, 3.05) is 13.2 Å². The van der Waals surface area contributed by atoms with Crippen LogP contribution in [0.15, 0.2) is 54.6 Å². The number of ether oxygens (including phenoxy) is 2. The lowest BCUT2D eigenvalue weighted by atomic mass is 9.98. The van der Waals surface area contributed by atoms with Crippen molar-refractivity contribution in [3.63, 3.8) is 0 Å². The van der Waals surface area contributed by atoms with E-state index in [-0.39, 0.29) is 18.5 Å². The van der Waals surface area contributed by atoms with Crippen LogP contribution in [0, 0.1) is 0 Å². The van der Waals surface area contributed by atoms with Gasteiger partial charge in [-0.2, -0.15) is 0 Å². The standard InChI is InChI=1S/C19H18O4/c20-18(14-7-2-1-3-8-14)16-10-4-5-11-17(16)19(21)23-13-15-9-6-12-22-15/h1-5,7-8,10-11,15H,6,9,12-13H2. The molecule has 0 amide bonds. The third-order valence-corrected chi connectivity index (χ3v) is 3.85. The van der Waals surface area contributed by atoms with Gasteiger partial charge in [-0.15, -0.1) is 0 Å². The number of hydrogen-bond acceptors (Lipinski definition) is 4. The summed E-state index contributed by atoms with van der Waals surface area (Å²) < 4.78 is 10.8. The summed E-state index contributed by atoms with van der Waals surface area (Å²) in [5.74, 6) is -0.671. The zero-order chi connectivity index (χ0) is 16.1. The number of rotatable bonds is 5. The molecule has 118 valence electrons. The van der Waals surface area contributed by atoms with E-state index in [0.29, 0.717) is 23.3 Å². The Labute approximate surface area is 135 Å². The number of ketones is 1. The second kappa shape index (κ2) is 7.20. The first-order valence-corrected chi connectivity index (χ1v) is 7.73. The average Bonchev–Trinajstić information content (AvgIpc) is 3.13. The van der Waals surface area contributed by atoms with Gasteiger partial charge < -0.3 is 9.47 Å². The predicted octanol–water partition coefficient (Wildman–Crippen LogP) is 3.25. The lowest BCUT2D eigenvalue weighted by molar-refractivity contribution is 0.0160. The third-order valence-electron chi connectivity index (χ3n) is 3.85. The minimum atomic E-state index is -0.486. The Hall–Kier alpha value is -2.46. The van der Waals surface area contributed by atoms with Crippen molar-refractivity contribution >= 4 is 11.8 Å². The maximum Gasteiger partial charge on any atom is 0.338 e. The van der Waals surface area contributed by atoms with E-state index in [2.05, 4.69) is 0 Å². The lowest BCUT2D eigenvalue weighted by Gasteiger charge is -2.12. The summed E-state index contributed by atoms with van der Waals surface area (Å²) in [5.41, 5.74) is 1.20. The van der Waals surface area contributed by atoms with Gasteiger partial charge in [0, 0.05) is 17.7 Å². The van der Waals surface area contributed by atoms with Crippen molar-refractivity contribution in [3.05, 3.63) is 71.3 Å². The van der Waals surface area contributed by atoms with Gasteiger partial charge >= 0.3 is 5.97 Å². The van der Waals surface area contributed by atoms with Crippen molar-refractivity contribution in [3.8, 4) is 0 Å². The molecule has 1 heterocycles. The van der Waals surface area contributed by atoms with Crippen molar-refractivity contribution in [2.45, 2.75) is 18.9 Å². The van der Waals surface area contributed by atoms with Crippen molar-refractivity contribution < 1.29 is 19.1 Å². The van der Waals surface area contributed by atoms with E-state index in [4.69, 9.17) is 9.47 Å². The SMILES string of the molecule is O=C(OCC1CCCO1)c1ccccc1C(=O)c1ccccc1. The summed E-state index contributed by atoms with van der Waals surface area (Å²) in [6.07, 6.45) is 1.86. The molecule has 1 saturated heterocycles. The largest absolute Gasteiger partial charge is 0.459 e. The molecule has 2 aromatic carbocycles. The van der Waals surface area contributed by atoms with Gasteiger partial charge in [-0.1, -0.05) is 48.5 Å². The van der Waals surface area contributed by atoms with Crippen LogP contribution in [-0.2, 0) is 9.47 Å². The molecule has 1 fully saturated rings. The van der Waals surface area contributed by atoms with Crippen LogP contribution in [0.2, 0.25) is 0 Å². The van der Waals surface area contributed by atoms with Crippen LogP contribution in [0.5, 0.6) is 0 Å². The van der Waals surface area contributed by atoms with Gasteiger partial charge in [0.15, 0.2) is 5.78 Å². The molecule has 0 bridgehead atoms. The summed E-state index contributed by atoms with van der Waals surface area (Å²) >= 11 is 0. The van der Waals surface area contributed by atoms with E-state index in [9.17, 15) is 9.59 Å². The molecule has 1 aliphatic rings. The van der Waals surface area contributed by atoms with Crippen LogP contribution >= 0.6 is 0 Å². The smallest absolute Gasteiger partial charge is 0.338 e. The van der Waals surface area contributed by atoms with Crippen LogP contribution in [-0.4, -0.2) is 31.1 Å². The Morgan fingerprint density at radius 1 is 1.00 bits per heavy atom. The fourth-order valence-corrected chi connectivity index (χ4v) is 2.63. The Morgan fingerprint density at radius 3 is 2.39 bits per heavy atom. The van der Waals surface area contributed by atoms with Crippen molar-refractivity contribution in [1.29, 1.82) is 0 Å². The fraction of sp³-hybridized carbons (Fsp3) is 0.263. The molecule has 4 nitrogen and oxygen atoms in total. The normalized spacial score (nSPS) is 17.0.